The molecule has 3 aromatic rings. The number of allylic oxidation sites excluding steroid dienone is 3. The summed E-state index contributed by atoms with van der Waals surface area (Å²) in [4.78, 5) is 27.5. The van der Waals surface area contributed by atoms with Gasteiger partial charge in [0.05, 0.1) is 20.1 Å². The minimum absolute atomic E-state index is 0.0287. The first-order valence-corrected chi connectivity index (χ1v) is 12.6. The highest BCUT2D eigenvalue weighted by Crippen LogP contribution is 2.48. The number of amides is 1. The van der Waals surface area contributed by atoms with Crippen LogP contribution in [0.4, 0.5) is 14.5 Å². The van der Waals surface area contributed by atoms with Gasteiger partial charge in [-0.1, -0.05) is 42.5 Å². The second kappa shape index (κ2) is 10.7. The fourth-order valence-electron chi connectivity index (χ4n) is 5.47. The predicted molar refractivity (Wildman–Crippen MR) is 144 cm³/mol. The molecule has 1 aliphatic carbocycles. The first kappa shape index (κ1) is 26.2. The monoisotopic (exact) mass is 530 g/mol. The van der Waals surface area contributed by atoms with E-state index in [0.717, 1.165) is 17.7 Å². The molecule has 2 N–H and O–H groups in total. The number of carbonyl (C=O) groups excluding carboxylic acids is 2. The van der Waals surface area contributed by atoms with Crippen molar-refractivity contribution in [2.24, 2.45) is 0 Å². The molecule has 39 heavy (non-hydrogen) atoms. The van der Waals surface area contributed by atoms with Crippen molar-refractivity contribution < 1.29 is 27.8 Å². The molecule has 1 amide bonds. The van der Waals surface area contributed by atoms with Gasteiger partial charge in [0.25, 0.3) is 5.91 Å². The number of nitrogens with one attached hydrogen (secondary N) is 2. The quantitative estimate of drug-likeness (QED) is 0.410. The normalized spacial score (nSPS) is 18.8. The van der Waals surface area contributed by atoms with Crippen LogP contribution in [0.15, 0.2) is 89.3 Å². The highest BCUT2D eigenvalue weighted by Gasteiger charge is 2.42. The number of Topliss-reactive ketones (excluding diaryl/α,β-unsaturated/α-hetero) is 1. The molecule has 0 aromatic heterocycles. The molecule has 0 fully saturated rings. The van der Waals surface area contributed by atoms with Crippen LogP contribution in [0.1, 0.15) is 42.7 Å². The van der Waals surface area contributed by atoms with Crippen LogP contribution in [0.3, 0.4) is 0 Å². The summed E-state index contributed by atoms with van der Waals surface area (Å²) < 4.78 is 39.9. The number of methoxy groups -OCH3 is 2. The molecule has 2 aliphatic rings. The highest BCUT2D eigenvalue weighted by atomic mass is 19.1. The maximum Gasteiger partial charge on any atom is 0.254 e. The standard InChI is InChI=1S/C31H28F2N2O4/c1-17-27(31(37)35-30-22(32)10-7-11-23(30)33)28(21-13-12-20(38-2)16-26(21)39-3)29-24(34-17)14-19(15-25(29)36)18-8-5-4-6-9-18/h4-13,16,19,28,34H,14-15H2,1-3H3,(H,35,37). The smallest absolute Gasteiger partial charge is 0.254 e. The number of para-hydroxylation sites is 1. The second-order valence-electron chi connectivity index (χ2n) is 9.59. The fraction of sp³-hybridized carbons (Fsp3) is 0.226. The predicted octanol–water partition coefficient (Wildman–Crippen LogP) is 5.98. The van der Waals surface area contributed by atoms with Crippen LogP contribution in [0, 0.1) is 11.6 Å². The van der Waals surface area contributed by atoms with Crippen molar-refractivity contribution in [2.75, 3.05) is 19.5 Å². The van der Waals surface area contributed by atoms with Crippen LogP contribution in [-0.4, -0.2) is 25.9 Å². The van der Waals surface area contributed by atoms with Gasteiger partial charge in [-0.2, -0.15) is 0 Å². The Kier molecular flexibility index (Phi) is 7.19. The van der Waals surface area contributed by atoms with E-state index in [1.165, 1.54) is 20.3 Å². The lowest BCUT2D eigenvalue weighted by atomic mass is 9.71. The number of rotatable bonds is 6. The van der Waals surface area contributed by atoms with E-state index in [9.17, 15) is 18.4 Å². The van der Waals surface area contributed by atoms with Gasteiger partial charge >= 0.3 is 0 Å². The molecule has 200 valence electrons. The maximum atomic E-state index is 14.4. The zero-order valence-corrected chi connectivity index (χ0v) is 21.8. The van der Waals surface area contributed by atoms with E-state index in [1.807, 2.05) is 30.3 Å². The van der Waals surface area contributed by atoms with E-state index >= 15 is 0 Å². The van der Waals surface area contributed by atoms with Crippen molar-refractivity contribution in [3.63, 3.8) is 0 Å². The lowest BCUT2D eigenvalue weighted by molar-refractivity contribution is -0.116. The summed E-state index contributed by atoms with van der Waals surface area (Å²) in [5, 5.41) is 5.68. The maximum absolute atomic E-state index is 14.4. The summed E-state index contributed by atoms with van der Waals surface area (Å²) in [7, 11) is 3.02. The molecule has 2 atom stereocenters. The number of hydrogen-bond acceptors (Lipinski definition) is 5. The van der Waals surface area contributed by atoms with E-state index in [-0.39, 0.29) is 23.7 Å². The minimum atomic E-state index is -0.900. The van der Waals surface area contributed by atoms with Gasteiger partial charge in [-0.15, -0.1) is 0 Å². The van der Waals surface area contributed by atoms with E-state index < -0.39 is 29.1 Å². The number of carbonyl (C=O) groups is 2. The summed E-state index contributed by atoms with van der Waals surface area (Å²) in [6.45, 7) is 1.72. The largest absolute Gasteiger partial charge is 0.497 e. The van der Waals surface area contributed by atoms with E-state index in [1.54, 1.807) is 25.1 Å². The number of ketones is 1. The summed E-state index contributed by atoms with van der Waals surface area (Å²) >= 11 is 0. The van der Waals surface area contributed by atoms with Crippen molar-refractivity contribution in [1.82, 2.24) is 5.32 Å². The molecule has 1 heterocycles. The average Bonchev–Trinajstić information content (AvgIpc) is 2.94. The topological polar surface area (TPSA) is 76.7 Å². The molecule has 0 saturated carbocycles. The third kappa shape index (κ3) is 4.90. The Morgan fingerprint density at radius 1 is 0.949 bits per heavy atom. The van der Waals surface area contributed by atoms with Gasteiger partial charge in [-0.25, -0.2) is 8.78 Å². The lowest BCUT2D eigenvalue weighted by Gasteiger charge is -2.37. The van der Waals surface area contributed by atoms with Crippen molar-refractivity contribution in [1.29, 1.82) is 0 Å². The van der Waals surface area contributed by atoms with Crippen molar-refractivity contribution in [3.8, 4) is 11.5 Å². The molecule has 5 rings (SSSR count). The van der Waals surface area contributed by atoms with Gasteiger partial charge in [0.2, 0.25) is 0 Å². The van der Waals surface area contributed by atoms with Crippen LogP contribution in [0.5, 0.6) is 11.5 Å². The Morgan fingerprint density at radius 2 is 1.67 bits per heavy atom. The minimum Gasteiger partial charge on any atom is -0.497 e. The highest BCUT2D eigenvalue weighted by molar-refractivity contribution is 6.10. The molecule has 1 aliphatic heterocycles. The summed E-state index contributed by atoms with van der Waals surface area (Å²) in [5.74, 6) is -2.54. The molecule has 0 bridgehead atoms. The van der Waals surface area contributed by atoms with Crippen molar-refractivity contribution in [3.05, 3.63) is 112 Å². The Hall–Kier alpha value is -4.46. The van der Waals surface area contributed by atoms with Gasteiger partial charge in [-0.05, 0) is 43.0 Å². The van der Waals surface area contributed by atoms with Crippen molar-refractivity contribution in [2.45, 2.75) is 31.6 Å². The van der Waals surface area contributed by atoms with E-state index in [0.29, 0.717) is 40.5 Å². The van der Waals surface area contributed by atoms with Gasteiger partial charge in [-0.3, -0.25) is 9.59 Å². The number of halogens is 2. The zero-order valence-electron chi connectivity index (χ0n) is 21.8. The van der Waals surface area contributed by atoms with Gasteiger partial charge in [0.1, 0.15) is 28.8 Å². The Morgan fingerprint density at radius 3 is 2.33 bits per heavy atom. The first-order chi connectivity index (χ1) is 18.8. The van der Waals surface area contributed by atoms with Crippen LogP contribution in [-0.2, 0) is 9.59 Å². The summed E-state index contributed by atoms with van der Waals surface area (Å²) in [5.41, 5.74) is 2.88. The molecule has 3 aromatic carbocycles. The molecule has 0 radical (unpaired) electrons. The fourth-order valence-corrected chi connectivity index (χ4v) is 5.47. The van der Waals surface area contributed by atoms with E-state index in [4.69, 9.17) is 9.47 Å². The number of dihydropyridines is 1. The van der Waals surface area contributed by atoms with Crippen LogP contribution >= 0.6 is 0 Å². The zero-order chi connectivity index (χ0) is 27.7. The number of anilines is 1. The van der Waals surface area contributed by atoms with Crippen molar-refractivity contribution >= 4 is 17.4 Å². The van der Waals surface area contributed by atoms with Crippen LogP contribution < -0.4 is 20.1 Å². The van der Waals surface area contributed by atoms with Crippen LogP contribution in [0.2, 0.25) is 0 Å². The van der Waals surface area contributed by atoms with Gasteiger partial charge in [0, 0.05) is 40.6 Å². The van der Waals surface area contributed by atoms with Crippen LogP contribution in [0.25, 0.3) is 0 Å². The Labute approximate surface area is 225 Å². The molecule has 0 saturated heterocycles. The summed E-state index contributed by atoms with van der Waals surface area (Å²) in [6.07, 6.45) is 0.823. The third-order valence-electron chi connectivity index (χ3n) is 7.30. The average molecular weight is 531 g/mol. The number of benzene rings is 3. The second-order valence-corrected chi connectivity index (χ2v) is 9.59. The molecule has 8 heteroatoms. The summed E-state index contributed by atoms with van der Waals surface area (Å²) in [6, 6.07) is 18.3. The molecule has 0 spiro atoms. The SMILES string of the molecule is COc1ccc(C2C(C(=O)Nc3c(F)cccc3F)=C(C)NC3=C2C(=O)CC(c2ccccc2)C3)c(OC)c1. The third-order valence-corrected chi connectivity index (χ3v) is 7.30. The molecular formula is C31H28F2N2O4. The van der Waals surface area contributed by atoms with E-state index in [2.05, 4.69) is 10.6 Å². The molecular weight excluding hydrogens is 502 g/mol. The Bertz CT molecular complexity index is 1490. The first-order valence-electron chi connectivity index (χ1n) is 12.6. The Balaban J connectivity index is 1.63. The number of ether oxygens (including phenoxy) is 2. The van der Waals surface area contributed by atoms with Gasteiger partial charge in [0.15, 0.2) is 5.78 Å². The number of hydrogen-bond donors (Lipinski definition) is 2. The molecule has 6 nitrogen and oxygen atoms in total. The van der Waals surface area contributed by atoms with Gasteiger partial charge < -0.3 is 20.1 Å². The molecule has 2 unspecified atom stereocenters. The lowest BCUT2D eigenvalue weighted by Crippen LogP contribution is -2.37.